The zero-order valence-electron chi connectivity index (χ0n) is 11.6. The molecule has 0 radical (unpaired) electrons. The van der Waals surface area contributed by atoms with Crippen molar-refractivity contribution in [2.24, 2.45) is 11.7 Å². The Morgan fingerprint density at radius 1 is 1.05 bits per heavy atom. The van der Waals surface area contributed by atoms with Gasteiger partial charge in [0, 0.05) is 17.2 Å². The van der Waals surface area contributed by atoms with Gasteiger partial charge in [0.25, 0.3) is 0 Å². The lowest BCUT2D eigenvalue weighted by molar-refractivity contribution is 0.103. The number of benzene rings is 2. The highest BCUT2D eigenvalue weighted by molar-refractivity contribution is 6.34. The molecule has 2 aromatic rings. The first-order valence-corrected chi connectivity index (χ1v) is 7.03. The van der Waals surface area contributed by atoms with E-state index in [4.69, 9.17) is 17.3 Å². The van der Waals surface area contributed by atoms with Crippen molar-refractivity contribution in [3.05, 3.63) is 70.2 Å². The molecule has 0 spiro atoms. The van der Waals surface area contributed by atoms with Crippen LogP contribution in [0.5, 0.6) is 0 Å². The van der Waals surface area contributed by atoms with E-state index in [0.29, 0.717) is 22.1 Å². The average Bonchev–Trinajstić information content (AvgIpc) is 2.46. The van der Waals surface area contributed by atoms with Crippen LogP contribution >= 0.6 is 11.6 Å². The summed E-state index contributed by atoms with van der Waals surface area (Å²) in [6.45, 7) is 4.15. The van der Waals surface area contributed by atoms with E-state index >= 15 is 0 Å². The summed E-state index contributed by atoms with van der Waals surface area (Å²) in [4.78, 5) is 12.4. The van der Waals surface area contributed by atoms with Crippen LogP contribution in [0.1, 0.15) is 41.4 Å². The van der Waals surface area contributed by atoms with E-state index in [0.717, 1.165) is 5.56 Å². The van der Waals surface area contributed by atoms with Crippen LogP contribution in [0.4, 0.5) is 0 Å². The SMILES string of the molecule is CC(C)C(N)c1ccc(C(=O)c2ccccc2Cl)cc1. The molecular formula is C17H18ClNO. The quantitative estimate of drug-likeness (QED) is 0.855. The van der Waals surface area contributed by atoms with Gasteiger partial charge in [-0.3, -0.25) is 4.79 Å². The van der Waals surface area contributed by atoms with E-state index in [9.17, 15) is 4.79 Å². The van der Waals surface area contributed by atoms with Gasteiger partial charge >= 0.3 is 0 Å². The van der Waals surface area contributed by atoms with E-state index in [1.165, 1.54) is 0 Å². The van der Waals surface area contributed by atoms with Crippen LogP contribution < -0.4 is 5.73 Å². The number of carbonyl (C=O) groups excluding carboxylic acids is 1. The summed E-state index contributed by atoms with van der Waals surface area (Å²) in [5, 5.41) is 0.473. The summed E-state index contributed by atoms with van der Waals surface area (Å²) in [5.41, 5.74) is 8.28. The molecule has 0 aliphatic carbocycles. The van der Waals surface area contributed by atoms with Crippen molar-refractivity contribution in [1.82, 2.24) is 0 Å². The molecule has 3 heteroatoms. The second kappa shape index (κ2) is 6.21. The molecule has 0 fully saturated rings. The zero-order valence-corrected chi connectivity index (χ0v) is 12.4. The van der Waals surface area contributed by atoms with E-state index < -0.39 is 0 Å². The van der Waals surface area contributed by atoms with Gasteiger partial charge < -0.3 is 5.73 Å². The number of halogens is 1. The van der Waals surface area contributed by atoms with Gasteiger partial charge in [-0.25, -0.2) is 0 Å². The molecular weight excluding hydrogens is 270 g/mol. The Bertz CT molecular complexity index is 605. The summed E-state index contributed by atoms with van der Waals surface area (Å²) < 4.78 is 0. The van der Waals surface area contributed by atoms with Crippen molar-refractivity contribution in [3.8, 4) is 0 Å². The van der Waals surface area contributed by atoms with Crippen LogP contribution in [0.15, 0.2) is 48.5 Å². The molecule has 20 heavy (non-hydrogen) atoms. The fourth-order valence-corrected chi connectivity index (χ4v) is 2.26. The first kappa shape index (κ1) is 14.8. The molecule has 0 aliphatic heterocycles. The third kappa shape index (κ3) is 3.09. The minimum atomic E-state index is -0.0692. The number of hydrogen-bond donors (Lipinski definition) is 1. The van der Waals surface area contributed by atoms with Crippen molar-refractivity contribution in [1.29, 1.82) is 0 Å². The Balaban J connectivity index is 2.27. The predicted octanol–water partition coefficient (Wildman–Crippen LogP) is 4.23. The maximum absolute atomic E-state index is 12.4. The van der Waals surface area contributed by atoms with Gasteiger partial charge in [-0.15, -0.1) is 0 Å². The number of ketones is 1. The van der Waals surface area contributed by atoms with E-state index in [-0.39, 0.29) is 11.8 Å². The van der Waals surface area contributed by atoms with E-state index in [1.807, 2.05) is 36.4 Å². The highest BCUT2D eigenvalue weighted by Crippen LogP contribution is 2.22. The minimum Gasteiger partial charge on any atom is -0.324 e. The summed E-state index contributed by atoms with van der Waals surface area (Å²) in [7, 11) is 0. The largest absolute Gasteiger partial charge is 0.324 e. The molecule has 0 heterocycles. The number of rotatable bonds is 4. The van der Waals surface area contributed by atoms with Gasteiger partial charge in [-0.2, -0.15) is 0 Å². The Kier molecular flexibility index (Phi) is 4.58. The topological polar surface area (TPSA) is 43.1 Å². The molecule has 0 aromatic heterocycles. The lowest BCUT2D eigenvalue weighted by atomic mass is 9.95. The lowest BCUT2D eigenvalue weighted by Crippen LogP contribution is -2.16. The maximum Gasteiger partial charge on any atom is 0.194 e. The van der Waals surface area contributed by atoms with Crippen molar-refractivity contribution >= 4 is 17.4 Å². The third-order valence-corrected chi connectivity index (χ3v) is 3.72. The van der Waals surface area contributed by atoms with Gasteiger partial charge in [0.05, 0.1) is 5.02 Å². The average molecular weight is 288 g/mol. The summed E-state index contributed by atoms with van der Waals surface area (Å²) >= 11 is 6.05. The number of nitrogens with two attached hydrogens (primary N) is 1. The molecule has 2 rings (SSSR count). The van der Waals surface area contributed by atoms with E-state index in [2.05, 4.69) is 13.8 Å². The Morgan fingerprint density at radius 2 is 1.65 bits per heavy atom. The lowest BCUT2D eigenvalue weighted by Gasteiger charge is -2.16. The van der Waals surface area contributed by atoms with Crippen LogP contribution in [-0.4, -0.2) is 5.78 Å². The zero-order chi connectivity index (χ0) is 14.7. The van der Waals surface area contributed by atoms with Crippen molar-refractivity contribution in [2.75, 3.05) is 0 Å². The normalized spacial score (nSPS) is 12.4. The van der Waals surface area contributed by atoms with Gasteiger partial charge in [-0.05, 0) is 23.6 Å². The second-order valence-electron chi connectivity index (χ2n) is 5.20. The minimum absolute atomic E-state index is 0.0144. The number of carbonyl (C=O) groups is 1. The first-order valence-electron chi connectivity index (χ1n) is 6.65. The summed E-state index contributed by atoms with van der Waals surface area (Å²) in [6.07, 6.45) is 0. The summed E-state index contributed by atoms with van der Waals surface area (Å²) in [5.74, 6) is 0.292. The maximum atomic E-state index is 12.4. The molecule has 2 nitrogen and oxygen atoms in total. The monoisotopic (exact) mass is 287 g/mol. The molecule has 2 N–H and O–H groups in total. The standard InChI is InChI=1S/C17H18ClNO/c1-11(2)16(19)12-7-9-13(10-8-12)17(20)14-5-3-4-6-15(14)18/h3-11,16H,19H2,1-2H3. The number of hydrogen-bond acceptors (Lipinski definition) is 2. The molecule has 1 unspecified atom stereocenters. The molecule has 0 bridgehead atoms. The molecule has 0 saturated carbocycles. The van der Waals surface area contributed by atoms with E-state index in [1.54, 1.807) is 12.1 Å². The highest BCUT2D eigenvalue weighted by atomic mass is 35.5. The smallest absolute Gasteiger partial charge is 0.194 e. The van der Waals surface area contributed by atoms with Crippen molar-refractivity contribution in [2.45, 2.75) is 19.9 Å². The summed E-state index contributed by atoms with van der Waals surface area (Å²) in [6, 6.07) is 14.5. The van der Waals surface area contributed by atoms with Gasteiger partial charge in [0.2, 0.25) is 0 Å². The second-order valence-corrected chi connectivity index (χ2v) is 5.61. The third-order valence-electron chi connectivity index (χ3n) is 3.39. The van der Waals surface area contributed by atoms with Crippen LogP contribution in [0, 0.1) is 5.92 Å². The van der Waals surface area contributed by atoms with Gasteiger partial charge in [0.1, 0.15) is 0 Å². The fraction of sp³-hybridized carbons (Fsp3) is 0.235. The first-order chi connectivity index (χ1) is 9.50. The van der Waals surface area contributed by atoms with Crippen LogP contribution in [0.25, 0.3) is 0 Å². The highest BCUT2D eigenvalue weighted by Gasteiger charge is 2.14. The van der Waals surface area contributed by atoms with Crippen molar-refractivity contribution < 1.29 is 4.79 Å². The van der Waals surface area contributed by atoms with Gasteiger partial charge in [0.15, 0.2) is 5.78 Å². The van der Waals surface area contributed by atoms with Gasteiger partial charge in [-0.1, -0.05) is 61.8 Å². The molecule has 2 aromatic carbocycles. The van der Waals surface area contributed by atoms with Crippen LogP contribution in [0.2, 0.25) is 5.02 Å². The molecule has 104 valence electrons. The molecule has 0 saturated heterocycles. The van der Waals surface area contributed by atoms with Crippen LogP contribution in [0.3, 0.4) is 0 Å². The van der Waals surface area contributed by atoms with Crippen molar-refractivity contribution in [3.63, 3.8) is 0 Å². The molecule has 0 amide bonds. The Morgan fingerprint density at radius 3 is 2.20 bits per heavy atom. The predicted molar refractivity (Wildman–Crippen MR) is 83.1 cm³/mol. The fourth-order valence-electron chi connectivity index (χ4n) is 2.04. The molecule has 1 atom stereocenters. The Labute approximate surface area is 124 Å². The van der Waals surface area contributed by atoms with Crippen LogP contribution in [-0.2, 0) is 0 Å². The Hall–Kier alpha value is -1.64. The molecule has 0 aliphatic rings.